The lowest BCUT2D eigenvalue weighted by molar-refractivity contribution is -0.386. The number of nitrogens with two attached hydrogens (primary N) is 1. The fourth-order valence-corrected chi connectivity index (χ4v) is 3.44. The number of para-hydroxylation sites is 1. The molecule has 162 valence electrons. The molecule has 3 N–H and O–H groups in total. The number of hydrogen-bond donors (Lipinski definition) is 2. The van der Waals surface area contributed by atoms with E-state index in [9.17, 15) is 23.3 Å². The number of sulfonamides is 1. The summed E-state index contributed by atoms with van der Waals surface area (Å²) in [6, 6.07) is 12.3. The third kappa shape index (κ3) is 4.87. The first-order valence-electron chi connectivity index (χ1n) is 8.93. The van der Waals surface area contributed by atoms with Crippen LogP contribution in [0.25, 0.3) is 5.69 Å². The number of aryl methyl sites for hydroxylation is 1. The summed E-state index contributed by atoms with van der Waals surface area (Å²) in [7, 11) is -4.13. The van der Waals surface area contributed by atoms with Crippen molar-refractivity contribution >= 4 is 27.3 Å². The Morgan fingerprint density at radius 3 is 2.52 bits per heavy atom. The highest BCUT2D eigenvalue weighted by Crippen LogP contribution is 2.29. The zero-order valence-corrected chi connectivity index (χ0v) is 17.4. The molecule has 0 bridgehead atoms. The van der Waals surface area contributed by atoms with Crippen molar-refractivity contribution in [3.63, 3.8) is 0 Å². The van der Waals surface area contributed by atoms with Crippen molar-refractivity contribution in [3.05, 3.63) is 70.0 Å². The summed E-state index contributed by atoms with van der Waals surface area (Å²) in [4.78, 5) is 22.4. The van der Waals surface area contributed by atoms with E-state index in [-0.39, 0.29) is 5.75 Å². The van der Waals surface area contributed by atoms with Crippen LogP contribution in [0.15, 0.2) is 53.4 Å². The molecule has 0 aliphatic rings. The predicted molar refractivity (Wildman–Crippen MR) is 112 cm³/mol. The van der Waals surface area contributed by atoms with Crippen LogP contribution < -0.4 is 15.2 Å². The predicted octanol–water partition coefficient (Wildman–Crippen LogP) is 2.06. The Labute approximate surface area is 177 Å². The van der Waals surface area contributed by atoms with Crippen LogP contribution in [0.3, 0.4) is 0 Å². The summed E-state index contributed by atoms with van der Waals surface area (Å²) in [5.41, 5.74) is 1.98. The van der Waals surface area contributed by atoms with E-state index in [0.29, 0.717) is 17.1 Å². The van der Waals surface area contributed by atoms with E-state index < -0.39 is 38.0 Å². The van der Waals surface area contributed by atoms with Crippen LogP contribution in [0, 0.1) is 24.0 Å². The molecular formula is C19H19N5O6S. The number of primary sulfonamides is 1. The van der Waals surface area contributed by atoms with Gasteiger partial charge < -0.3 is 10.1 Å². The van der Waals surface area contributed by atoms with Gasteiger partial charge in [0.1, 0.15) is 0 Å². The van der Waals surface area contributed by atoms with Crippen LogP contribution in [0.2, 0.25) is 0 Å². The Bertz CT molecular complexity index is 1250. The van der Waals surface area contributed by atoms with Gasteiger partial charge in [0, 0.05) is 6.07 Å². The molecule has 3 rings (SSSR count). The van der Waals surface area contributed by atoms with Gasteiger partial charge in [-0.05, 0) is 38.1 Å². The number of carbonyl (C=O) groups is 1. The molecule has 0 fully saturated rings. The molecule has 0 saturated heterocycles. The van der Waals surface area contributed by atoms with Crippen LogP contribution in [-0.4, -0.2) is 35.6 Å². The molecular weight excluding hydrogens is 426 g/mol. The molecule has 0 aliphatic heterocycles. The molecule has 1 heterocycles. The highest BCUT2D eigenvalue weighted by atomic mass is 32.2. The third-order valence-electron chi connectivity index (χ3n) is 4.37. The molecule has 2 aromatic carbocycles. The molecule has 0 radical (unpaired) electrons. The number of hydrogen-bond acceptors (Lipinski definition) is 7. The second-order valence-electron chi connectivity index (χ2n) is 6.56. The molecule has 1 amide bonds. The fourth-order valence-electron chi connectivity index (χ4n) is 2.90. The summed E-state index contributed by atoms with van der Waals surface area (Å²) >= 11 is 0. The van der Waals surface area contributed by atoms with E-state index in [1.54, 1.807) is 18.5 Å². The fraction of sp³-hybridized carbons (Fsp3) is 0.158. The van der Waals surface area contributed by atoms with Crippen LogP contribution in [-0.2, 0) is 14.8 Å². The third-order valence-corrected chi connectivity index (χ3v) is 5.28. The van der Waals surface area contributed by atoms with Crippen molar-refractivity contribution in [2.45, 2.75) is 18.7 Å². The Balaban J connectivity index is 1.76. The van der Waals surface area contributed by atoms with Crippen molar-refractivity contribution < 1.29 is 22.9 Å². The van der Waals surface area contributed by atoms with Crippen LogP contribution in [0.5, 0.6) is 5.75 Å². The maximum atomic E-state index is 12.4. The number of amides is 1. The van der Waals surface area contributed by atoms with E-state index in [2.05, 4.69) is 10.4 Å². The van der Waals surface area contributed by atoms with E-state index in [4.69, 9.17) is 9.88 Å². The van der Waals surface area contributed by atoms with Crippen molar-refractivity contribution in [1.82, 2.24) is 9.78 Å². The molecule has 3 aromatic rings. The van der Waals surface area contributed by atoms with E-state index in [1.165, 1.54) is 0 Å². The first-order valence-corrected chi connectivity index (χ1v) is 10.5. The van der Waals surface area contributed by atoms with Crippen molar-refractivity contribution in [2.75, 3.05) is 11.9 Å². The number of aromatic nitrogens is 2. The molecule has 0 saturated carbocycles. The van der Waals surface area contributed by atoms with Gasteiger partial charge in [-0.3, -0.25) is 14.9 Å². The van der Waals surface area contributed by atoms with Gasteiger partial charge in [0.15, 0.2) is 12.4 Å². The smallest absolute Gasteiger partial charge is 0.312 e. The normalized spacial score (nSPS) is 11.2. The van der Waals surface area contributed by atoms with Crippen molar-refractivity contribution in [2.24, 2.45) is 5.14 Å². The minimum absolute atomic E-state index is 0.263. The number of anilines is 1. The molecule has 1 aromatic heterocycles. The topological polar surface area (TPSA) is 159 Å². The van der Waals surface area contributed by atoms with Gasteiger partial charge >= 0.3 is 5.69 Å². The standard InChI is InChI=1S/C19H19N5O6S/c1-12-19(13(2)23(22-12)14-6-4-3-5-7-14)21-18(25)11-30-17-9-8-15(31(20,28)29)10-16(17)24(26)27/h3-10H,11H2,1-2H3,(H,21,25)(H2,20,28,29). The van der Waals surface area contributed by atoms with Gasteiger partial charge in [-0.2, -0.15) is 5.10 Å². The zero-order chi connectivity index (χ0) is 22.8. The van der Waals surface area contributed by atoms with Gasteiger partial charge in [0.25, 0.3) is 5.91 Å². The van der Waals surface area contributed by atoms with Crippen molar-refractivity contribution in [3.8, 4) is 11.4 Å². The Hall–Kier alpha value is -3.77. The number of nitrogens with one attached hydrogen (secondary N) is 1. The van der Waals surface area contributed by atoms with Crippen molar-refractivity contribution in [1.29, 1.82) is 0 Å². The molecule has 0 atom stereocenters. The first kappa shape index (κ1) is 21.9. The number of benzene rings is 2. The van der Waals surface area contributed by atoms with Crippen LogP contribution >= 0.6 is 0 Å². The summed E-state index contributed by atoms with van der Waals surface area (Å²) in [5.74, 6) is -0.829. The lowest BCUT2D eigenvalue weighted by Gasteiger charge is -2.09. The number of ether oxygens (including phenoxy) is 1. The lowest BCUT2D eigenvalue weighted by atomic mass is 10.3. The van der Waals surface area contributed by atoms with Gasteiger partial charge in [-0.1, -0.05) is 18.2 Å². The SMILES string of the molecule is Cc1nn(-c2ccccc2)c(C)c1NC(=O)COc1ccc(S(N)(=O)=O)cc1[N+](=O)[O-]. The average Bonchev–Trinajstić information content (AvgIpc) is 3.00. The minimum Gasteiger partial charge on any atom is -0.477 e. The largest absolute Gasteiger partial charge is 0.477 e. The number of rotatable bonds is 7. The molecule has 0 unspecified atom stereocenters. The van der Waals surface area contributed by atoms with Gasteiger partial charge in [-0.15, -0.1) is 0 Å². The molecule has 31 heavy (non-hydrogen) atoms. The molecule has 12 heteroatoms. The Kier molecular flexibility index (Phi) is 6.04. The Morgan fingerprint density at radius 2 is 1.90 bits per heavy atom. The zero-order valence-electron chi connectivity index (χ0n) is 16.6. The minimum atomic E-state index is -4.13. The summed E-state index contributed by atoms with van der Waals surface area (Å²) in [6.45, 7) is 2.99. The second kappa shape index (κ2) is 8.53. The number of nitrogens with zero attached hydrogens (tertiary/aromatic N) is 3. The highest BCUT2D eigenvalue weighted by molar-refractivity contribution is 7.89. The van der Waals surface area contributed by atoms with Crippen LogP contribution in [0.1, 0.15) is 11.4 Å². The second-order valence-corrected chi connectivity index (χ2v) is 8.12. The summed E-state index contributed by atoms with van der Waals surface area (Å²) < 4.78 is 29.7. The summed E-state index contributed by atoms with van der Waals surface area (Å²) in [6.07, 6.45) is 0. The summed E-state index contributed by atoms with van der Waals surface area (Å²) in [5, 5.41) is 23.3. The Morgan fingerprint density at radius 1 is 1.23 bits per heavy atom. The highest BCUT2D eigenvalue weighted by Gasteiger charge is 2.21. The van der Waals surface area contributed by atoms with Crippen LogP contribution in [0.4, 0.5) is 11.4 Å². The lowest BCUT2D eigenvalue weighted by Crippen LogP contribution is -2.21. The number of nitro benzene ring substituents is 1. The monoisotopic (exact) mass is 445 g/mol. The van der Waals surface area contributed by atoms with Gasteiger partial charge in [0.2, 0.25) is 10.0 Å². The van der Waals surface area contributed by atoms with E-state index >= 15 is 0 Å². The average molecular weight is 445 g/mol. The maximum Gasteiger partial charge on any atom is 0.312 e. The van der Waals surface area contributed by atoms with Gasteiger partial charge in [-0.25, -0.2) is 18.2 Å². The molecule has 0 spiro atoms. The number of carbonyl (C=O) groups excluding carboxylic acids is 1. The molecule has 0 aliphatic carbocycles. The number of nitro groups is 1. The van der Waals surface area contributed by atoms with E-state index in [0.717, 1.165) is 23.9 Å². The maximum absolute atomic E-state index is 12.4. The first-order chi connectivity index (χ1) is 14.6. The quantitative estimate of drug-likeness (QED) is 0.416. The molecule has 11 nitrogen and oxygen atoms in total. The van der Waals surface area contributed by atoms with Gasteiger partial charge in [0.05, 0.1) is 32.6 Å². The van der Waals surface area contributed by atoms with E-state index in [1.807, 2.05) is 30.3 Å².